The van der Waals surface area contributed by atoms with E-state index in [1.54, 1.807) is 7.11 Å². The van der Waals surface area contributed by atoms with Crippen LogP contribution in [0, 0.1) is 6.92 Å². The minimum absolute atomic E-state index is 0.0862. The number of rotatable bonds is 7. The topological polar surface area (TPSA) is 60.2 Å². The first kappa shape index (κ1) is 14.5. The number of benzene rings is 1. The summed E-state index contributed by atoms with van der Waals surface area (Å²) < 4.78 is 10.6. The Labute approximate surface area is 119 Å². The highest BCUT2D eigenvalue weighted by Gasteiger charge is 2.16. The molecule has 1 unspecified atom stereocenters. The second-order valence-electron chi connectivity index (χ2n) is 4.78. The summed E-state index contributed by atoms with van der Waals surface area (Å²) in [7, 11) is 1.67. The van der Waals surface area contributed by atoms with Crippen LogP contribution >= 0.6 is 0 Å². The van der Waals surface area contributed by atoms with Gasteiger partial charge in [-0.25, -0.2) is 0 Å². The van der Waals surface area contributed by atoms with Crippen molar-refractivity contribution in [3.63, 3.8) is 0 Å². The molecule has 20 heavy (non-hydrogen) atoms. The monoisotopic (exact) mass is 275 g/mol. The first-order valence-electron chi connectivity index (χ1n) is 6.88. The van der Waals surface area contributed by atoms with Gasteiger partial charge in [0.2, 0.25) is 11.7 Å². The fraction of sp³-hybridized carbons (Fsp3) is 0.467. The molecule has 0 saturated carbocycles. The molecule has 0 radical (unpaired) electrons. The average molecular weight is 275 g/mol. The van der Waals surface area contributed by atoms with Crippen molar-refractivity contribution in [3.8, 4) is 0 Å². The van der Waals surface area contributed by atoms with E-state index in [9.17, 15) is 0 Å². The lowest BCUT2D eigenvalue weighted by molar-refractivity contribution is 0.0854. The molecule has 0 amide bonds. The van der Waals surface area contributed by atoms with E-state index in [1.807, 2.05) is 12.1 Å². The smallest absolute Gasteiger partial charge is 0.246 e. The zero-order chi connectivity index (χ0) is 14.4. The van der Waals surface area contributed by atoms with Gasteiger partial charge in [-0.2, -0.15) is 4.98 Å². The summed E-state index contributed by atoms with van der Waals surface area (Å²) in [5.41, 5.74) is 2.27. The lowest BCUT2D eigenvalue weighted by atomic mass is 10.2. The van der Waals surface area contributed by atoms with E-state index in [4.69, 9.17) is 9.26 Å². The number of hydrogen-bond donors (Lipinski definition) is 1. The van der Waals surface area contributed by atoms with Crippen LogP contribution in [0.1, 0.15) is 43.1 Å². The maximum absolute atomic E-state index is 5.36. The van der Waals surface area contributed by atoms with Crippen LogP contribution in [0.3, 0.4) is 0 Å². The molecular weight excluding hydrogens is 254 g/mol. The molecule has 1 heterocycles. The molecule has 0 aliphatic carbocycles. The summed E-state index contributed by atoms with van der Waals surface area (Å²) in [5, 5.41) is 7.23. The summed E-state index contributed by atoms with van der Waals surface area (Å²) in [6.45, 7) is 4.68. The van der Waals surface area contributed by atoms with Crippen LogP contribution in [0.5, 0.6) is 0 Å². The van der Waals surface area contributed by atoms with Crippen molar-refractivity contribution in [3.05, 3.63) is 41.5 Å². The number of aromatic nitrogens is 2. The molecule has 1 aromatic heterocycles. The predicted octanol–water partition coefficient (Wildman–Crippen LogP) is 3.48. The first-order valence-corrected chi connectivity index (χ1v) is 6.88. The highest BCUT2D eigenvalue weighted by atomic mass is 16.5. The number of aryl methyl sites for hydroxylation is 1. The van der Waals surface area contributed by atoms with E-state index in [0.29, 0.717) is 18.3 Å². The number of methoxy groups -OCH3 is 1. The third-order valence-corrected chi connectivity index (χ3v) is 3.10. The molecule has 5 heteroatoms. The van der Waals surface area contributed by atoms with E-state index in [1.165, 1.54) is 5.56 Å². The number of anilines is 1. The van der Waals surface area contributed by atoms with Crippen LogP contribution < -0.4 is 5.32 Å². The van der Waals surface area contributed by atoms with Crippen LogP contribution in [0.4, 0.5) is 5.69 Å². The molecule has 108 valence electrons. The minimum Gasteiger partial charge on any atom is -0.376 e. The van der Waals surface area contributed by atoms with Crippen molar-refractivity contribution >= 4 is 5.69 Å². The van der Waals surface area contributed by atoms with Gasteiger partial charge in [-0.3, -0.25) is 0 Å². The average Bonchev–Trinajstić information content (AvgIpc) is 2.93. The van der Waals surface area contributed by atoms with Crippen molar-refractivity contribution in [1.82, 2.24) is 10.1 Å². The third-order valence-electron chi connectivity index (χ3n) is 3.10. The van der Waals surface area contributed by atoms with Crippen molar-refractivity contribution in [1.29, 1.82) is 0 Å². The molecule has 0 bridgehead atoms. The van der Waals surface area contributed by atoms with Gasteiger partial charge in [0.25, 0.3) is 0 Å². The lowest BCUT2D eigenvalue weighted by Gasteiger charge is -2.08. The number of nitrogens with one attached hydrogen (secondary N) is 1. The van der Waals surface area contributed by atoms with E-state index in [-0.39, 0.29) is 6.10 Å². The van der Waals surface area contributed by atoms with Crippen LogP contribution in [0.25, 0.3) is 0 Å². The van der Waals surface area contributed by atoms with E-state index in [2.05, 4.69) is 41.4 Å². The highest BCUT2D eigenvalue weighted by Crippen LogP contribution is 2.19. The second-order valence-corrected chi connectivity index (χ2v) is 4.78. The van der Waals surface area contributed by atoms with Gasteiger partial charge in [-0.15, -0.1) is 0 Å². The molecule has 0 fully saturated rings. The van der Waals surface area contributed by atoms with Gasteiger partial charge >= 0.3 is 0 Å². The molecular formula is C15H21N3O2. The van der Waals surface area contributed by atoms with Gasteiger partial charge in [-0.05, 0) is 25.5 Å². The van der Waals surface area contributed by atoms with Crippen LogP contribution in [0.15, 0.2) is 28.8 Å². The lowest BCUT2D eigenvalue weighted by Crippen LogP contribution is -2.04. The maximum Gasteiger partial charge on any atom is 0.246 e. The van der Waals surface area contributed by atoms with Gasteiger partial charge in [-0.1, -0.05) is 36.2 Å². The molecule has 2 rings (SSSR count). The predicted molar refractivity (Wildman–Crippen MR) is 77.5 cm³/mol. The summed E-state index contributed by atoms with van der Waals surface area (Å²) in [6, 6.07) is 8.18. The van der Waals surface area contributed by atoms with Gasteiger partial charge in [0.05, 0.1) is 6.54 Å². The van der Waals surface area contributed by atoms with Crippen LogP contribution in [-0.2, 0) is 11.3 Å². The second kappa shape index (κ2) is 7.05. The van der Waals surface area contributed by atoms with Gasteiger partial charge in [0.1, 0.15) is 6.10 Å². The Hall–Kier alpha value is -1.88. The highest BCUT2D eigenvalue weighted by molar-refractivity contribution is 5.44. The molecule has 2 aromatic rings. The zero-order valence-corrected chi connectivity index (χ0v) is 12.2. The summed E-state index contributed by atoms with van der Waals surface area (Å²) >= 11 is 0. The molecule has 1 N–H and O–H groups in total. The van der Waals surface area contributed by atoms with Gasteiger partial charge in [0, 0.05) is 12.8 Å². The molecule has 0 saturated heterocycles. The Morgan fingerprint density at radius 2 is 2.05 bits per heavy atom. The van der Waals surface area contributed by atoms with Crippen LogP contribution in [0.2, 0.25) is 0 Å². The van der Waals surface area contributed by atoms with E-state index >= 15 is 0 Å². The van der Waals surface area contributed by atoms with Crippen molar-refractivity contribution in [2.45, 2.75) is 39.3 Å². The number of hydrogen-bond acceptors (Lipinski definition) is 5. The number of ether oxygens (including phenoxy) is 1. The normalized spacial score (nSPS) is 12.3. The summed E-state index contributed by atoms with van der Waals surface area (Å²) in [6.07, 6.45) is 1.82. The largest absolute Gasteiger partial charge is 0.376 e. The fourth-order valence-corrected chi connectivity index (χ4v) is 1.93. The molecule has 0 spiro atoms. The molecule has 1 aromatic carbocycles. The zero-order valence-electron chi connectivity index (χ0n) is 12.2. The molecule has 0 aliphatic rings. The Kier molecular flexibility index (Phi) is 5.12. The quantitative estimate of drug-likeness (QED) is 0.838. The SMILES string of the molecule is CCCC(OC)c1noc(CNc2ccc(C)cc2)n1. The molecule has 0 aliphatic heterocycles. The van der Waals surface area contributed by atoms with Crippen molar-refractivity contribution in [2.75, 3.05) is 12.4 Å². The standard InChI is InChI=1S/C15H21N3O2/c1-4-5-13(19-3)15-17-14(20-18-15)10-16-12-8-6-11(2)7-9-12/h6-9,13,16H,4-5,10H2,1-3H3. The Bertz CT molecular complexity index is 522. The molecule has 5 nitrogen and oxygen atoms in total. The Morgan fingerprint density at radius 1 is 1.30 bits per heavy atom. The fourth-order valence-electron chi connectivity index (χ4n) is 1.93. The summed E-state index contributed by atoms with van der Waals surface area (Å²) in [4.78, 5) is 4.37. The maximum atomic E-state index is 5.36. The van der Waals surface area contributed by atoms with Gasteiger partial charge in [0.15, 0.2) is 0 Å². The Balaban J connectivity index is 1.93. The molecule has 1 atom stereocenters. The number of nitrogens with zero attached hydrogens (tertiary/aromatic N) is 2. The third kappa shape index (κ3) is 3.81. The summed E-state index contributed by atoms with van der Waals surface area (Å²) in [5.74, 6) is 1.19. The Morgan fingerprint density at radius 3 is 2.70 bits per heavy atom. The van der Waals surface area contributed by atoms with Crippen molar-refractivity contribution in [2.24, 2.45) is 0 Å². The van der Waals surface area contributed by atoms with Crippen LogP contribution in [-0.4, -0.2) is 17.3 Å². The van der Waals surface area contributed by atoms with Gasteiger partial charge < -0.3 is 14.6 Å². The van der Waals surface area contributed by atoms with Crippen molar-refractivity contribution < 1.29 is 9.26 Å². The van der Waals surface area contributed by atoms with E-state index in [0.717, 1.165) is 18.5 Å². The minimum atomic E-state index is -0.0862. The van der Waals surface area contributed by atoms with E-state index < -0.39 is 0 Å². The first-order chi connectivity index (χ1) is 9.72.